The Bertz CT molecular complexity index is 689. The molecule has 0 aromatic carbocycles. The lowest BCUT2D eigenvalue weighted by molar-refractivity contribution is 0.203. The summed E-state index contributed by atoms with van der Waals surface area (Å²) in [4.78, 5) is 18.2. The first-order valence-electron chi connectivity index (χ1n) is 8.33. The lowest BCUT2D eigenvalue weighted by atomic mass is 10.3. The number of aryl methyl sites for hydroxylation is 2. The van der Waals surface area contributed by atoms with Gasteiger partial charge in [-0.25, -0.2) is 14.5 Å². The molecular weight excluding hydrogens is 308 g/mol. The van der Waals surface area contributed by atoms with Crippen molar-refractivity contribution < 1.29 is 4.79 Å². The highest BCUT2D eigenvalue weighted by Gasteiger charge is 2.30. The molecular formula is C15H24N8O. The zero-order chi connectivity index (χ0) is 17.1. The summed E-state index contributed by atoms with van der Waals surface area (Å²) in [6, 6.07) is 0.0622. The normalized spacial score (nSPS) is 15.3. The molecule has 2 amide bonds. The summed E-state index contributed by atoms with van der Waals surface area (Å²) in [6.45, 7) is 5.40. The average Bonchev–Trinajstić information content (AvgIpc) is 3.14. The predicted octanol–water partition coefficient (Wildman–Crippen LogP) is 1.31. The monoisotopic (exact) mass is 332 g/mol. The van der Waals surface area contributed by atoms with Crippen molar-refractivity contribution >= 4 is 6.03 Å². The number of amides is 2. The van der Waals surface area contributed by atoms with Crippen molar-refractivity contribution in [2.24, 2.45) is 0 Å². The van der Waals surface area contributed by atoms with E-state index in [-0.39, 0.29) is 12.1 Å². The fourth-order valence-electron chi connectivity index (χ4n) is 2.64. The number of tetrazole rings is 1. The van der Waals surface area contributed by atoms with E-state index < -0.39 is 0 Å². The molecule has 3 rings (SSSR count). The van der Waals surface area contributed by atoms with E-state index in [1.807, 2.05) is 24.7 Å². The predicted molar refractivity (Wildman–Crippen MR) is 87.2 cm³/mol. The second-order valence-electron chi connectivity index (χ2n) is 6.33. The van der Waals surface area contributed by atoms with E-state index in [9.17, 15) is 4.79 Å². The van der Waals surface area contributed by atoms with Crippen LogP contribution in [0.4, 0.5) is 4.79 Å². The Hall–Kier alpha value is -2.45. The Morgan fingerprint density at radius 1 is 1.50 bits per heavy atom. The van der Waals surface area contributed by atoms with Gasteiger partial charge in [0.15, 0.2) is 5.82 Å². The third-order valence-corrected chi connectivity index (χ3v) is 4.30. The first-order chi connectivity index (χ1) is 11.6. The van der Waals surface area contributed by atoms with E-state index in [2.05, 4.69) is 30.4 Å². The van der Waals surface area contributed by atoms with Gasteiger partial charge in [0.2, 0.25) is 0 Å². The van der Waals surface area contributed by atoms with Gasteiger partial charge in [-0.15, -0.1) is 5.10 Å². The van der Waals surface area contributed by atoms with Crippen molar-refractivity contribution in [3.8, 4) is 0 Å². The van der Waals surface area contributed by atoms with Gasteiger partial charge in [0.25, 0.3) is 0 Å². The summed E-state index contributed by atoms with van der Waals surface area (Å²) in [5.41, 5.74) is 0. The van der Waals surface area contributed by atoms with Crippen molar-refractivity contribution in [1.29, 1.82) is 0 Å². The van der Waals surface area contributed by atoms with Gasteiger partial charge < -0.3 is 14.8 Å². The number of imidazole rings is 1. The Morgan fingerprint density at radius 2 is 2.29 bits per heavy atom. The first-order valence-corrected chi connectivity index (χ1v) is 8.33. The van der Waals surface area contributed by atoms with Gasteiger partial charge in [0.05, 0.1) is 12.1 Å². The van der Waals surface area contributed by atoms with Gasteiger partial charge in [-0.1, -0.05) is 0 Å². The Labute approximate surface area is 141 Å². The Kier molecular flexibility index (Phi) is 4.77. The number of hydrogen-bond donors (Lipinski definition) is 1. The van der Waals surface area contributed by atoms with Crippen molar-refractivity contribution in [2.75, 3.05) is 13.6 Å². The molecule has 1 saturated carbocycles. The second kappa shape index (κ2) is 6.98. The maximum absolute atomic E-state index is 12.3. The standard InChI is InChI=1S/C15H24N8O/c1-11(14-18-19-20-23(14)13-5-6-13)17-15(24)21(3)8-4-9-22-10-7-16-12(22)2/h7,10-11,13H,4-6,8-9H2,1-3H3,(H,17,24)/t11-/m0/s1. The molecule has 0 saturated heterocycles. The van der Waals surface area contributed by atoms with Crippen LogP contribution in [0.1, 0.15) is 49.9 Å². The van der Waals surface area contributed by atoms with E-state index in [1.165, 1.54) is 0 Å². The Balaban J connectivity index is 1.46. The van der Waals surface area contributed by atoms with Gasteiger partial charge >= 0.3 is 6.03 Å². The van der Waals surface area contributed by atoms with Gasteiger partial charge in [-0.2, -0.15) is 0 Å². The fraction of sp³-hybridized carbons (Fsp3) is 0.667. The molecule has 1 atom stereocenters. The SMILES string of the molecule is Cc1nccn1CCCN(C)C(=O)N[C@@H](C)c1nnnn1C1CC1. The van der Waals surface area contributed by atoms with Crippen LogP contribution in [0.15, 0.2) is 12.4 Å². The third kappa shape index (κ3) is 3.72. The molecule has 1 aliphatic carbocycles. The van der Waals surface area contributed by atoms with E-state index in [0.29, 0.717) is 18.4 Å². The summed E-state index contributed by atoms with van der Waals surface area (Å²) in [7, 11) is 1.80. The zero-order valence-corrected chi connectivity index (χ0v) is 14.4. The summed E-state index contributed by atoms with van der Waals surface area (Å²) in [6.07, 6.45) is 6.82. The first kappa shape index (κ1) is 16.4. The van der Waals surface area contributed by atoms with Gasteiger partial charge in [-0.3, -0.25) is 0 Å². The Morgan fingerprint density at radius 3 is 2.96 bits per heavy atom. The van der Waals surface area contributed by atoms with Crippen LogP contribution in [-0.4, -0.2) is 54.3 Å². The number of nitrogens with one attached hydrogen (secondary N) is 1. The quantitative estimate of drug-likeness (QED) is 0.825. The molecule has 24 heavy (non-hydrogen) atoms. The lowest BCUT2D eigenvalue weighted by Gasteiger charge is -2.21. The number of hydrogen-bond acceptors (Lipinski definition) is 5. The minimum atomic E-state index is -0.216. The van der Waals surface area contributed by atoms with Crippen LogP contribution < -0.4 is 5.32 Å². The van der Waals surface area contributed by atoms with E-state index in [0.717, 1.165) is 31.6 Å². The van der Waals surface area contributed by atoms with Crippen LogP contribution in [0.5, 0.6) is 0 Å². The maximum atomic E-state index is 12.3. The highest BCUT2D eigenvalue weighted by atomic mass is 16.2. The molecule has 130 valence electrons. The smallest absolute Gasteiger partial charge is 0.317 e. The zero-order valence-electron chi connectivity index (χ0n) is 14.4. The van der Waals surface area contributed by atoms with E-state index in [1.54, 1.807) is 18.1 Å². The van der Waals surface area contributed by atoms with Crippen LogP contribution in [0.2, 0.25) is 0 Å². The maximum Gasteiger partial charge on any atom is 0.317 e. The molecule has 0 bridgehead atoms. The molecule has 1 fully saturated rings. The van der Waals surface area contributed by atoms with Crippen LogP contribution in [0, 0.1) is 6.92 Å². The second-order valence-corrected chi connectivity index (χ2v) is 6.33. The van der Waals surface area contributed by atoms with Crippen molar-refractivity contribution in [3.05, 3.63) is 24.0 Å². The summed E-state index contributed by atoms with van der Waals surface area (Å²) >= 11 is 0. The minimum Gasteiger partial charge on any atom is -0.335 e. The van der Waals surface area contributed by atoms with Crippen LogP contribution in [0.25, 0.3) is 0 Å². The molecule has 1 N–H and O–H groups in total. The third-order valence-electron chi connectivity index (χ3n) is 4.30. The number of carbonyl (C=O) groups is 1. The lowest BCUT2D eigenvalue weighted by Crippen LogP contribution is -2.40. The fourth-order valence-corrected chi connectivity index (χ4v) is 2.64. The van der Waals surface area contributed by atoms with Gasteiger partial charge in [0.1, 0.15) is 5.82 Å². The number of rotatable bonds is 7. The molecule has 1 aliphatic rings. The number of carbonyl (C=O) groups excluding carboxylic acids is 1. The van der Waals surface area contributed by atoms with E-state index >= 15 is 0 Å². The largest absolute Gasteiger partial charge is 0.335 e. The molecule has 0 radical (unpaired) electrons. The summed E-state index contributed by atoms with van der Waals surface area (Å²) in [5, 5.41) is 14.8. The molecule has 0 aliphatic heterocycles. The molecule has 9 heteroatoms. The van der Waals surface area contributed by atoms with Crippen LogP contribution in [0.3, 0.4) is 0 Å². The van der Waals surface area contributed by atoms with Gasteiger partial charge in [0, 0.05) is 32.5 Å². The molecule has 9 nitrogen and oxygen atoms in total. The highest BCUT2D eigenvalue weighted by molar-refractivity contribution is 5.74. The van der Waals surface area contributed by atoms with Crippen LogP contribution in [-0.2, 0) is 6.54 Å². The molecule has 2 aromatic heterocycles. The van der Waals surface area contributed by atoms with Crippen molar-refractivity contribution in [1.82, 2.24) is 40.0 Å². The van der Waals surface area contributed by atoms with Crippen molar-refractivity contribution in [2.45, 2.75) is 51.7 Å². The van der Waals surface area contributed by atoms with Gasteiger partial charge in [-0.05, 0) is 43.5 Å². The minimum absolute atomic E-state index is 0.116. The topological polar surface area (TPSA) is 93.8 Å². The number of urea groups is 1. The van der Waals surface area contributed by atoms with E-state index in [4.69, 9.17) is 0 Å². The van der Waals surface area contributed by atoms with Crippen LogP contribution >= 0.6 is 0 Å². The van der Waals surface area contributed by atoms with Crippen molar-refractivity contribution in [3.63, 3.8) is 0 Å². The molecule has 0 spiro atoms. The summed E-state index contributed by atoms with van der Waals surface area (Å²) < 4.78 is 3.91. The number of aromatic nitrogens is 6. The number of nitrogens with zero attached hydrogens (tertiary/aromatic N) is 7. The molecule has 0 unspecified atom stereocenters. The summed E-state index contributed by atoms with van der Waals surface area (Å²) in [5.74, 6) is 1.70. The highest BCUT2D eigenvalue weighted by Crippen LogP contribution is 2.35. The molecule has 2 aromatic rings. The molecule has 2 heterocycles. The average molecular weight is 332 g/mol.